The summed E-state index contributed by atoms with van der Waals surface area (Å²) in [5, 5.41) is 25.8. The summed E-state index contributed by atoms with van der Waals surface area (Å²) < 4.78 is 0. The Hall–Kier alpha value is -3.51. The van der Waals surface area contributed by atoms with E-state index in [-0.39, 0.29) is 19.3 Å². The topological polar surface area (TPSA) is 214 Å². The summed E-state index contributed by atoms with van der Waals surface area (Å²) in [6.45, 7) is 0.556. The number of nitrogens with one attached hydrogen (secondary N) is 3. The van der Waals surface area contributed by atoms with Gasteiger partial charge in [0.1, 0.15) is 18.1 Å². The van der Waals surface area contributed by atoms with Crippen LogP contribution in [0.4, 0.5) is 0 Å². The molecule has 176 valence electrons. The number of aliphatic hydroxyl groups excluding tert-OH is 1. The molecule has 0 saturated carbocycles. The van der Waals surface area contributed by atoms with E-state index in [0.29, 0.717) is 5.56 Å². The van der Waals surface area contributed by atoms with Gasteiger partial charge in [-0.3, -0.25) is 19.2 Å². The van der Waals surface area contributed by atoms with Crippen LogP contribution < -0.4 is 27.4 Å². The predicted molar refractivity (Wildman–Crippen MR) is 113 cm³/mol. The number of rotatable bonds is 13. The third kappa shape index (κ3) is 9.10. The van der Waals surface area contributed by atoms with E-state index in [9.17, 15) is 34.2 Å². The maximum atomic E-state index is 12.6. The van der Waals surface area contributed by atoms with Gasteiger partial charge in [0, 0.05) is 12.8 Å². The first kappa shape index (κ1) is 26.5. The Labute approximate surface area is 184 Å². The van der Waals surface area contributed by atoms with E-state index in [2.05, 4.69) is 16.0 Å². The van der Waals surface area contributed by atoms with Crippen LogP contribution in [0.3, 0.4) is 0 Å². The fourth-order valence-corrected chi connectivity index (χ4v) is 2.65. The molecular weight excluding hydrogens is 422 g/mol. The van der Waals surface area contributed by atoms with Crippen LogP contribution in [0, 0.1) is 0 Å². The molecule has 9 N–H and O–H groups in total. The first-order chi connectivity index (χ1) is 15.0. The van der Waals surface area contributed by atoms with Crippen LogP contribution >= 0.6 is 0 Å². The highest BCUT2D eigenvalue weighted by Gasteiger charge is 2.29. The average molecular weight is 451 g/mol. The zero-order chi connectivity index (χ0) is 24.3. The second-order valence-corrected chi connectivity index (χ2v) is 7.19. The lowest BCUT2D eigenvalue weighted by molar-refractivity contribution is -0.142. The molecule has 0 saturated heterocycles. The summed E-state index contributed by atoms with van der Waals surface area (Å²) in [5.74, 6) is -4.48. The highest BCUT2D eigenvalue weighted by atomic mass is 16.4. The number of hydrogen-bond donors (Lipinski definition) is 7. The minimum atomic E-state index is -1.50. The Bertz CT molecular complexity index is 816. The number of nitrogens with two attached hydrogens (primary N) is 2. The molecule has 1 rings (SSSR count). The van der Waals surface area contributed by atoms with Crippen molar-refractivity contribution in [2.45, 2.75) is 50.4 Å². The van der Waals surface area contributed by atoms with E-state index >= 15 is 0 Å². The molecular formula is C20H29N5O7. The average Bonchev–Trinajstić information content (AvgIpc) is 2.74. The molecule has 0 fully saturated rings. The highest BCUT2D eigenvalue weighted by Crippen LogP contribution is 2.05. The lowest BCUT2D eigenvalue weighted by Gasteiger charge is -2.23. The van der Waals surface area contributed by atoms with Gasteiger partial charge in [-0.05, 0) is 18.9 Å². The predicted octanol–water partition coefficient (Wildman–Crippen LogP) is -2.63. The molecule has 0 aliphatic rings. The highest BCUT2D eigenvalue weighted by molar-refractivity contribution is 5.94. The molecule has 0 spiro atoms. The molecule has 4 atom stereocenters. The van der Waals surface area contributed by atoms with Crippen LogP contribution in [0.1, 0.15) is 25.3 Å². The molecule has 0 aliphatic carbocycles. The van der Waals surface area contributed by atoms with Crippen molar-refractivity contribution in [2.24, 2.45) is 11.5 Å². The summed E-state index contributed by atoms with van der Waals surface area (Å²) in [4.78, 5) is 59.5. The number of aliphatic carboxylic acids is 1. The molecule has 4 amide bonds. The van der Waals surface area contributed by atoms with E-state index in [0.717, 1.165) is 0 Å². The van der Waals surface area contributed by atoms with Gasteiger partial charge in [0.25, 0.3) is 0 Å². The zero-order valence-corrected chi connectivity index (χ0v) is 17.6. The number of primary amides is 1. The van der Waals surface area contributed by atoms with Crippen molar-refractivity contribution in [3.8, 4) is 0 Å². The van der Waals surface area contributed by atoms with Crippen LogP contribution in [0.15, 0.2) is 30.3 Å². The van der Waals surface area contributed by atoms with Crippen molar-refractivity contribution in [1.29, 1.82) is 0 Å². The molecule has 12 nitrogen and oxygen atoms in total. The van der Waals surface area contributed by atoms with Crippen LogP contribution in [-0.2, 0) is 30.4 Å². The Balaban J connectivity index is 2.85. The van der Waals surface area contributed by atoms with Gasteiger partial charge in [-0.2, -0.15) is 0 Å². The first-order valence-electron chi connectivity index (χ1n) is 9.87. The van der Waals surface area contributed by atoms with Crippen LogP contribution in [0.2, 0.25) is 0 Å². The van der Waals surface area contributed by atoms with Crippen LogP contribution in [-0.4, -0.2) is 70.6 Å². The molecule has 0 aromatic heterocycles. The maximum Gasteiger partial charge on any atom is 0.326 e. The van der Waals surface area contributed by atoms with Crippen molar-refractivity contribution >= 4 is 29.6 Å². The number of carbonyl (C=O) groups is 5. The zero-order valence-electron chi connectivity index (χ0n) is 17.6. The van der Waals surface area contributed by atoms with Gasteiger partial charge in [-0.1, -0.05) is 30.3 Å². The van der Waals surface area contributed by atoms with Crippen molar-refractivity contribution in [2.75, 3.05) is 6.61 Å². The van der Waals surface area contributed by atoms with Gasteiger partial charge >= 0.3 is 5.97 Å². The fourth-order valence-electron chi connectivity index (χ4n) is 2.65. The number of benzene rings is 1. The smallest absolute Gasteiger partial charge is 0.326 e. The second-order valence-electron chi connectivity index (χ2n) is 7.19. The number of carboxylic acid groups (broad SMARTS) is 1. The van der Waals surface area contributed by atoms with Gasteiger partial charge in [0.15, 0.2) is 0 Å². The third-order valence-corrected chi connectivity index (χ3v) is 4.44. The molecule has 12 heteroatoms. The van der Waals surface area contributed by atoms with E-state index in [4.69, 9.17) is 11.5 Å². The summed E-state index contributed by atoms with van der Waals surface area (Å²) >= 11 is 0. The van der Waals surface area contributed by atoms with E-state index in [1.165, 1.54) is 6.92 Å². The van der Waals surface area contributed by atoms with E-state index in [1.807, 2.05) is 0 Å². The molecule has 0 bridgehead atoms. The normalized spacial score (nSPS) is 14.3. The first-order valence-corrected chi connectivity index (χ1v) is 9.87. The number of aliphatic hydroxyl groups is 1. The molecule has 32 heavy (non-hydrogen) atoms. The Morgan fingerprint density at radius 3 is 1.94 bits per heavy atom. The van der Waals surface area contributed by atoms with E-state index in [1.54, 1.807) is 30.3 Å². The summed E-state index contributed by atoms with van der Waals surface area (Å²) in [7, 11) is 0. The monoisotopic (exact) mass is 451 g/mol. The maximum absolute atomic E-state index is 12.6. The lowest BCUT2D eigenvalue weighted by atomic mass is 10.1. The molecule has 0 radical (unpaired) electrons. The fraction of sp³-hybridized carbons (Fsp3) is 0.450. The molecule has 4 unspecified atom stereocenters. The Morgan fingerprint density at radius 1 is 0.906 bits per heavy atom. The Kier molecular flexibility index (Phi) is 10.8. The van der Waals surface area contributed by atoms with Crippen LogP contribution in [0.5, 0.6) is 0 Å². The minimum Gasteiger partial charge on any atom is -0.480 e. The number of carboxylic acids is 1. The minimum absolute atomic E-state index is 0.0142. The van der Waals surface area contributed by atoms with Crippen molar-refractivity contribution in [3.63, 3.8) is 0 Å². The quantitative estimate of drug-likeness (QED) is 0.168. The summed E-state index contributed by atoms with van der Waals surface area (Å²) in [5.41, 5.74) is 11.2. The molecule has 0 heterocycles. The van der Waals surface area contributed by atoms with Gasteiger partial charge in [-0.25, -0.2) is 4.79 Å². The second kappa shape index (κ2) is 13.0. The van der Waals surface area contributed by atoms with Gasteiger partial charge in [-0.15, -0.1) is 0 Å². The number of carbonyl (C=O) groups excluding carboxylic acids is 4. The summed E-state index contributed by atoms with van der Waals surface area (Å²) in [6.07, 6.45) is -0.406. The standard InChI is InChI=1S/C20H29N5O7/c1-11(21)17(28)23-13(7-8-16(22)27)18(29)25-15(10-26)19(30)24-14(20(31)32)9-12-5-3-2-4-6-12/h2-6,11,13-15,26H,7-10,21H2,1H3,(H2,22,27)(H,23,28)(H,24,30)(H,25,29)(H,31,32). The van der Waals surface area contributed by atoms with Crippen molar-refractivity contribution in [3.05, 3.63) is 35.9 Å². The number of hydrogen-bond acceptors (Lipinski definition) is 7. The van der Waals surface area contributed by atoms with Gasteiger partial charge < -0.3 is 37.6 Å². The van der Waals surface area contributed by atoms with Crippen molar-refractivity contribution in [1.82, 2.24) is 16.0 Å². The molecule has 1 aromatic rings. The Morgan fingerprint density at radius 2 is 1.44 bits per heavy atom. The SMILES string of the molecule is CC(N)C(=O)NC(CCC(N)=O)C(=O)NC(CO)C(=O)NC(Cc1ccccc1)C(=O)O. The summed E-state index contributed by atoms with van der Waals surface area (Å²) in [6, 6.07) is 3.59. The lowest BCUT2D eigenvalue weighted by Crippen LogP contribution is -2.58. The largest absolute Gasteiger partial charge is 0.480 e. The molecule has 1 aromatic carbocycles. The molecule has 0 aliphatic heterocycles. The van der Waals surface area contributed by atoms with Crippen molar-refractivity contribution < 1.29 is 34.2 Å². The van der Waals surface area contributed by atoms with E-state index < -0.39 is 60.4 Å². The number of amides is 4. The van der Waals surface area contributed by atoms with Gasteiger partial charge in [0.2, 0.25) is 23.6 Å². The van der Waals surface area contributed by atoms with Crippen LogP contribution in [0.25, 0.3) is 0 Å². The van der Waals surface area contributed by atoms with Gasteiger partial charge in [0.05, 0.1) is 12.6 Å². The third-order valence-electron chi connectivity index (χ3n) is 4.44.